The summed E-state index contributed by atoms with van der Waals surface area (Å²) >= 11 is 7.13. The fourth-order valence-corrected chi connectivity index (χ4v) is 2.31. The molecule has 0 saturated heterocycles. The van der Waals surface area contributed by atoms with Crippen LogP contribution in [0.2, 0.25) is 5.02 Å². The third-order valence-electron chi connectivity index (χ3n) is 2.74. The number of carboxylic acids is 1. The van der Waals surface area contributed by atoms with Crippen molar-refractivity contribution in [1.29, 1.82) is 0 Å². The van der Waals surface area contributed by atoms with Crippen molar-refractivity contribution in [3.8, 4) is 11.5 Å². The highest BCUT2D eigenvalue weighted by Crippen LogP contribution is 2.29. The van der Waals surface area contributed by atoms with Crippen LogP contribution >= 0.6 is 23.4 Å². The molecule has 20 heavy (non-hydrogen) atoms. The highest BCUT2D eigenvalue weighted by molar-refractivity contribution is 8.00. The molecule has 0 unspecified atom stereocenters. The second-order valence-electron chi connectivity index (χ2n) is 4.76. The van der Waals surface area contributed by atoms with Crippen molar-refractivity contribution < 1.29 is 14.3 Å². The molecule has 2 aromatic rings. The van der Waals surface area contributed by atoms with Gasteiger partial charge in [0.25, 0.3) is 0 Å². The number of rotatable bonds is 5. The number of thioether (sulfide) groups is 1. The van der Waals surface area contributed by atoms with E-state index in [0.717, 1.165) is 5.56 Å². The largest absolute Gasteiger partial charge is 0.480 e. The molecule has 0 radical (unpaired) electrons. The highest BCUT2D eigenvalue weighted by atomic mass is 35.5. The van der Waals surface area contributed by atoms with E-state index < -0.39 is 10.7 Å². The van der Waals surface area contributed by atoms with E-state index in [0.29, 0.717) is 22.4 Å². The molecule has 0 aliphatic rings. The van der Waals surface area contributed by atoms with Crippen LogP contribution in [0.4, 0.5) is 0 Å². The Balaban J connectivity index is 2.06. The molecule has 0 aliphatic carbocycles. The Kier molecular flexibility index (Phi) is 4.40. The Morgan fingerprint density at radius 3 is 2.65 bits per heavy atom. The van der Waals surface area contributed by atoms with Crippen molar-refractivity contribution in [3.05, 3.63) is 41.2 Å². The molecule has 0 atom stereocenters. The summed E-state index contributed by atoms with van der Waals surface area (Å²) in [5.41, 5.74) is 1.55. The summed E-state index contributed by atoms with van der Waals surface area (Å²) in [5, 5.41) is 9.70. The average Bonchev–Trinajstić information content (AvgIpc) is 2.86. The molecule has 0 amide bonds. The average molecular weight is 312 g/mol. The third kappa shape index (κ3) is 3.55. The number of oxazole rings is 1. The third-order valence-corrected chi connectivity index (χ3v) is 4.33. The van der Waals surface area contributed by atoms with Crippen molar-refractivity contribution >= 4 is 29.3 Å². The molecule has 0 fully saturated rings. The number of carboxylic acid groups (broad SMARTS) is 1. The van der Waals surface area contributed by atoms with Gasteiger partial charge in [0.15, 0.2) is 0 Å². The molecule has 2 rings (SSSR count). The smallest absolute Gasteiger partial charge is 0.319 e. The van der Waals surface area contributed by atoms with Crippen molar-refractivity contribution in [1.82, 2.24) is 4.98 Å². The molecule has 1 aromatic heterocycles. The number of hydrogen-bond acceptors (Lipinski definition) is 4. The Bertz CT molecular complexity index is 607. The van der Waals surface area contributed by atoms with Crippen LogP contribution in [0.25, 0.3) is 11.5 Å². The van der Waals surface area contributed by atoms with Gasteiger partial charge in [-0.2, -0.15) is 0 Å². The van der Waals surface area contributed by atoms with E-state index in [1.54, 1.807) is 32.2 Å². The zero-order chi connectivity index (χ0) is 14.8. The molecule has 1 heterocycles. The number of hydrogen-bond donors (Lipinski definition) is 1. The summed E-state index contributed by atoms with van der Waals surface area (Å²) in [4.78, 5) is 15.4. The summed E-state index contributed by atoms with van der Waals surface area (Å²) in [6, 6.07) is 7.19. The van der Waals surface area contributed by atoms with Gasteiger partial charge >= 0.3 is 5.97 Å². The van der Waals surface area contributed by atoms with E-state index >= 15 is 0 Å². The van der Waals surface area contributed by atoms with Gasteiger partial charge in [-0.25, -0.2) is 4.98 Å². The maximum absolute atomic E-state index is 11.0. The predicted octanol–water partition coefficient (Wildman–Crippen LogP) is 4.09. The summed E-state index contributed by atoms with van der Waals surface area (Å²) in [6.07, 6.45) is 1.55. The normalized spacial score (nSPS) is 11.6. The standard InChI is InChI=1S/C14H14ClNO3S/c1-14(2,13(17)18)20-8-11-7-19-12(16-11)9-3-5-10(15)6-4-9/h3-7H,8H2,1-2H3,(H,17,18). The Labute approximate surface area is 126 Å². The van der Waals surface area contributed by atoms with E-state index in [2.05, 4.69) is 4.98 Å². The van der Waals surface area contributed by atoms with Crippen LogP contribution in [0.3, 0.4) is 0 Å². The van der Waals surface area contributed by atoms with Crippen molar-refractivity contribution in [2.24, 2.45) is 0 Å². The molecule has 0 saturated carbocycles. The SMILES string of the molecule is CC(C)(SCc1coc(-c2ccc(Cl)cc2)n1)C(=O)O. The van der Waals surface area contributed by atoms with Gasteiger partial charge in [-0.05, 0) is 38.1 Å². The Morgan fingerprint density at radius 1 is 1.40 bits per heavy atom. The maximum Gasteiger partial charge on any atom is 0.319 e. The number of benzene rings is 1. The molecule has 0 bridgehead atoms. The van der Waals surface area contributed by atoms with Gasteiger partial charge in [0, 0.05) is 16.3 Å². The fourth-order valence-electron chi connectivity index (χ4n) is 1.41. The first-order chi connectivity index (χ1) is 9.38. The number of halogens is 1. The van der Waals surface area contributed by atoms with Gasteiger partial charge in [0.2, 0.25) is 5.89 Å². The quantitative estimate of drug-likeness (QED) is 0.901. The van der Waals surface area contributed by atoms with Crippen LogP contribution in [-0.4, -0.2) is 20.8 Å². The first-order valence-electron chi connectivity index (χ1n) is 5.96. The van der Waals surface area contributed by atoms with Gasteiger partial charge in [-0.3, -0.25) is 4.79 Å². The van der Waals surface area contributed by atoms with Crippen LogP contribution in [0, 0.1) is 0 Å². The molecule has 106 valence electrons. The minimum atomic E-state index is -0.848. The Hall–Kier alpha value is -1.46. The monoisotopic (exact) mass is 311 g/mol. The van der Waals surface area contributed by atoms with Gasteiger partial charge in [-0.15, -0.1) is 11.8 Å². The van der Waals surface area contributed by atoms with E-state index in [1.807, 2.05) is 12.1 Å². The molecule has 1 N–H and O–H groups in total. The molecule has 4 nitrogen and oxygen atoms in total. The minimum absolute atomic E-state index is 0.483. The van der Waals surface area contributed by atoms with E-state index in [-0.39, 0.29) is 0 Å². The Morgan fingerprint density at radius 2 is 2.05 bits per heavy atom. The molecular formula is C14H14ClNO3S. The topological polar surface area (TPSA) is 63.3 Å². The first kappa shape index (κ1) is 14.9. The van der Waals surface area contributed by atoms with E-state index in [4.69, 9.17) is 21.1 Å². The maximum atomic E-state index is 11.0. The summed E-state index contributed by atoms with van der Waals surface area (Å²) in [5.74, 6) is 0.144. The van der Waals surface area contributed by atoms with Crippen LogP contribution in [0.1, 0.15) is 19.5 Å². The lowest BCUT2D eigenvalue weighted by atomic mass is 10.2. The first-order valence-corrected chi connectivity index (χ1v) is 7.32. The number of carbonyl (C=O) groups is 1. The second kappa shape index (κ2) is 5.89. The predicted molar refractivity (Wildman–Crippen MR) is 80.0 cm³/mol. The van der Waals surface area contributed by atoms with Gasteiger partial charge in [0.05, 0.1) is 5.69 Å². The summed E-state index contributed by atoms with van der Waals surface area (Å²) in [6.45, 7) is 3.33. The zero-order valence-electron chi connectivity index (χ0n) is 11.1. The van der Waals surface area contributed by atoms with Crippen molar-refractivity contribution in [3.63, 3.8) is 0 Å². The lowest BCUT2D eigenvalue weighted by Gasteiger charge is -2.17. The van der Waals surface area contributed by atoms with Gasteiger partial charge in [0.1, 0.15) is 11.0 Å². The molecule has 0 spiro atoms. The lowest BCUT2D eigenvalue weighted by molar-refractivity contribution is -0.138. The summed E-state index contributed by atoms with van der Waals surface area (Å²) in [7, 11) is 0. The van der Waals surface area contributed by atoms with Crippen LogP contribution in [-0.2, 0) is 10.5 Å². The number of aromatic nitrogens is 1. The van der Waals surface area contributed by atoms with Crippen molar-refractivity contribution in [2.45, 2.75) is 24.3 Å². The molecular weight excluding hydrogens is 298 g/mol. The summed E-state index contributed by atoms with van der Waals surface area (Å²) < 4.78 is 4.55. The van der Waals surface area contributed by atoms with Crippen molar-refractivity contribution in [2.75, 3.05) is 0 Å². The minimum Gasteiger partial charge on any atom is -0.480 e. The van der Waals surface area contributed by atoms with Crippen LogP contribution < -0.4 is 0 Å². The zero-order valence-corrected chi connectivity index (χ0v) is 12.7. The lowest BCUT2D eigenvalue weighted by Crippen LogP contribution is -2.27. The van der Waals surface area contributed by atoms with E-state index in [9.17, 15) is 4.79 Å². The number of nitrogens with zero attached hydrogens (tertiary/aromatic N) is 1. The second-order valence-corrected chi connectivity index (χ2v) is 6.79. The van der Waals surface area contributed by atoms with Crippen LogP contribution in [0.15, 0.2) is 34.9 Å². The van der Waals surface area contributed by atoms with E-state index in [1.165, 1.54) is 11.8 Å². The molecule has 1 aromatic carbocycles. The fraction of sp³-hybridized carbons (Fsp3) is 0.286. The highest BCUT2D eigenvalue weighted by Gasteiger charge is 2.27. The number of aliphatic carboxylic acids is 1. The van der Waals surface area contributed by atoms with Crippen LogP contribution in [0.5, 0.6) is 0 Å². The molecule has 6 heteroatoms. The van der Waals surface area contributed by atoms with Gasteiger partial charge in [-0.1, -0.05) is 11.6 Å². The van der Waals surface area contributed by atoms with Gasteiger partial charge < -0.3 is 9.52 Å². The molecule has 0 aliphatic heterocycles.